The molecule has 0 radical (unpaired) electrons. The Balaban J connectivity index is 1.38. The Hall–Kier alpha value is -2.84. The number of amidine groups is 2. The van der Waals surface area contributed by atoms with Crippen LogP contribution in [0.2, 0.25) is 0 Å². The summed E-state index contributed by atoms with van der Waals surface area (Å²) in [6.07, 6.45) is 3.40. The minimum Gasteiger partial charge on any atom is -0.490 e. The maximum atomic E-state index is 12.3. The Morgan fingerprint density at radius 2 is 1.94 bits per heavy atom. The van der Waals surface area contributed by atoms with Gasteiger partial charge in [-0.05, 0) is 82.2 Å². The molecule has 0 saturated carbocycles. The van der Waals surface area contributed by atoms with E-state index in [-0.39, 0.29) is 11.4 Å². The van der Waals surface area contributed by atoms with E-state index in [0.717, 1.165) is 15.8 Å². The van der Waals surface area contributed by atoms with Gasteiger partial charge in [0.05, 0.1) is 10.0 Å². The molecule has 1 amide bonds. The van der Waals surface area contributed by atoms with E-state index in [4.69, 9.17) is 14.9 Å². The highest BCUT2D eigenvalue weighted by Crippen LogP contribution is 2.30. The molecule has 2 heterocycles. The molecule has 0 aromatic heterocycles. The highest BCUT2D eigenvalue weighted by molar-refractivity contribution is 9.10. The van der Waals surface area contributed by atoms with Crippen molar-refractivity contribution in [1.82, 2.24) is 4.90 Å². The molecule has 1 N–H and O–H groups in total. The fourth-order valence-corrected chi connectivity index (χ4v) is 4.25. The van der Waals surface area contributed by atoms with E-state index in [2.05, 4.69) is 34.8 Å². The molecule has 0 saturated heterocycles. The van der Waals surface area contributed by atoms with E-state index in [9.17, 15) is 4.79 Å². The molecule has 2 aliphatic heterocycles. The minimum absolute atomic E-state index is 0.121. The van der Waals surface area contributed by atoms with E-state index in [1.165, 1.54) is 22.9 Å². The Morgan fingerprint density at radius 3 is 2.71 bits per heavy atom. The first-order valence-electron chi connectivity index (χ1n) is 9.61. The van der Waals surface area contributed by atoms with Crippen LogP contribution in [0.1, 0.15) is 16.7 Å². The van der Waals surface area contributed by atoms with Gasteiger partial charge < -0.3 is 9.47 Å². The largest absolute Gasteiger partial charge is 0.490 e. The molecule has 0 aliphatic carbocycles. The summed E-state index contributed by atoms with van der Waals surface area (Å²) in [6.45, 7) is 4.94. The number of hydrogen-bond acceptors (Lipinski definition) is 5. The number of aryl methyl sites for hydroxylation is 2. The van der Waals surface area contributed by atoms with Gasteiger partial charge in [0.15, 0.2) is 5.17 Å². The highest BCUT2D eigenvalue weighted by Gasteiger charge is 2.31. The van der Waals surface area contributed by atoms with Crippen LogP contribution < -0.4 is 9.47 Å². The normalized spacial score (nSPS) is 16.5. The standard InChI is InChI=1S/C23H20BrN3O3S/c1-14-3-5-17(11-15(14)2)29-8-9-30-20-6-4-16(13-19(20)24)12-18-21(25)27-7-10-31-23(27)26-22(18)28/h3-7,10-13,25H,8-9H2,1-2H3/b18-12-,25-21?. The fraction of sp³-hybridized carbons (Fsp3) is 0.174. The van der Waals surface area contributed by atoms with Crippen molar-refractivity contribution in [2.75, 3.05) is 13.2 Å². The highest BCUT2D eigenvalue weighted by atomic mass is 79.9. The first-order valence-corrected chi connectivity index (χ1v) is 11.3. The van der Waals surface area contributed by atoms with Gasteiger partial charge in [0.1, 0.15) is 30.5 Å². The molecule has 31 heavy (non-hydrogen) atoms. The van der Waals surface area contributed by atoms with Gasteiger partial charge in [0, 0.05) is 6.20 Å². The van der Waals surface area contributed by atoms with Gasteiger partial charge in [-0.15, -0.1) is 0 Å². The van der Waals surface area contributed by atoms with Crippen molar-refractivity contribution < 1.29 is 14.3 Å². The Morgan fingerprint density at radius 1 is 1.13 bits per heavy atom. The van der Waals surface area contributed by atoms with Crippen LogP contribution in [-0.2, 0) is 4.79 Å². The third-order valence-corrected chi connectivity index (χ3v) is 6.24. The van der Waals surface area contributed by atoms with Crippen molar-refractivity contribution in [3.63, 3.8) is 0 Å². The third-order valence-electron chi connectivity index (χ3n) is 4.87. The van der Waals surface area contributed by atoms with Crippen LogP contribution >= 0.6 is 27.7 Å². The average molecular weight is 498 g/mol. The SMILES string of the molecule is Cc1ccc(OCCOc2ccc(/C=C3/C(=N)N4C=CSC4=NC3=O)cc2Br)cc1C. The van der Waals surface area contributed by atoms with Crippen LogP contribution in [0.3, 0.4) is 0 Å². The number of hydrogen-bond donors (Lipinski definition) is 1. The molecule has 8 heteroatoms. The summed E-state index contributed by atoms with van der Waals surface area (Å²) in [6, 6.07) is 11.5. The van der Waals surface area contributed by atoms with E-state index >= 15 is 0 Å². The van der Waals surface area contributed by atoms with Gasteiger partial charge in [0.25, 0.3) is 5.91 Å². The number of nitrogens with zero attached hydrogens (tertiary/aromatic N) is 2. The molecule has 0 spiro atoms. The van der Waals surface area contributed by atoms with Crippen molar-refractivity contribution in [3.8, 4) is 11.5 Å². The molecular formula is C23H20BrN3O3S. The van der Waals surface area contributed by atoms with E-state index in [1.54, 1.807) is 22.6 Å². The summed E-state index contributed by atoms with van der Waals surface area (Å²) in [4.78, 5) is 18.0. The van der Waals surface area contributed by atoms with Crippen molar-refractivity contribution >= 4 is 50.7 Å². The number of aliphatic imine (C=N–C) groups is 1. The van der Waals surface area contributed by atoms with Crippen molar-refractivity contribution in [2.24, 2.45) is 4.99 Å². The molecule has 2 aromatic carbocycles. The Kier molecular flexibility index (Phi) is 6.29. The second-order valence-electron chi connectivity index (χ2n) is 7.01. The summed E-state index contributed by atoms with van der Waals surface area (Å²) in [5, 5.41) is 10.6. The van der Waals surface area contributed by atoms with E-state index < -0.39 is 5.91 Å². The molecule has 0 fully saturated rings. The van der Waals surface area contributed by atoms with Crippen LogP contribution in [0.15, 0.2) is 63.0 Å². The number of halogens is 1. The van der Waals surface area contributed by atoms with Crippen LogP contribution in [0.4, 0.5) is 0 Å². The zero-order chi connectivity index (χ0) is 22.0. The number of benzene rings is 2. The summed E-state index contributed by atoms with van der Waals surface area (Å²) < 4.78 is 12.3. The number of carbonyl (C=O) groups is 1. The third kappa shape index (κ3) is 4.75. The van der Waals surface area contributed by atoms with Crippen LogP contribution in [-0.4, -0.2) is 35.0 Å². The molecule has 2 aromatic rings. The summed E-state index contributed by atoms with van der Waals surface area (Å²) >= 11 is 4.84. The molecule has 158 valence electrons. The summed E-state index contributed by atoms with van der Waals surface area (Å²) in [5.74, 6) is 1.21. The van der Waals surface area contributed by atoms with Gasteiger partial charge >= 0.3 is 0 Å². The zero-order valence-electron chi connectivity index (χ0n) is 17.0. The molecule has 4 rings (SSSR count). The number of fused-ring (bicyclic) bond motifs is 1. The maximum absolute atomic E-state index is 12.3. The predicted octanol–water partition coefficient (Wildman–Crippen LogP) is 5.30. The lowest BCUT2D eigenvalue weighted by molar-refractivity contribution is -0.114. The van der Waals surface area contributed by atoms with Crippen LogP contribution in [0.25, 0.3) is 6.08 Å². The van der Waals surface area contributed by atoms with E-state index in [1.807, 2.05) is 36.4 Å². The lowest BCUT2D eigenvalue weighted by Gasteiger charge is -2.22. The number of amides is 1. The minimum atomic E-state index is -0.410. The first kappa shape index (κ1) is 21.4. The number of rotatable bonds is 6. The number of carbonyl (C=O) groups excluding carboxylic acids is 1. The lowest BCUT2D eigenvalue weighted by Crippen LogP contribution is -2.35. The van der Waals surface area contributed by atoms with Gasteiger partial charge in [-0.25, -0.2) is 0 Å². The van der Waals surface area contributed by atoms with E-state index in [0.29, 0.717) is 24.1 Å². The predicted molar refractivity (Wildman–Crippen MR) is 128 cm³/mol. The molecular weight excluding hydrogens is 478 g/mol. The van der Waals surface area contributed by atoms with Crippen molar-refractivity contribution in [2.45, 2.75) is 13.8 Å². The second-order valence-corrected chi connectivity index (χ2v) is 8.74. The quantitative estimate of drug-likeness (QED) is 0.432. The second kappa shape index (κ2) is 9.11. The molecule has 6 nitrogen and oxygen atoms in total. The van der Waals surface area contributed by atoms with Gasteiger partial charge in [0.2, 0.25) is 0 Å². The monoisotopic (exact) mass is 497 g/mol. The first-order chi connectivity index (χ1) is 14.9. The molecule has 2 aliphatic rings. The molecule has 0 atom stereocenters. The number of thioether (sulfide) groups is 1. The van der Waals surface area contributed by atoms with Crippen molar-refractivity contribution in [3.05, 3.63) is 74.7 Å². The van der Waals surface area contributed by atoms with Crippen LogP contribution in [0, 0.1) is 19.3 Å². The Bertz CT molecular complexity index is 1160. The topological polar surface area (TPSA) is 75.0 Å². The Labute approximate surface area is 193 Å². The summed E-state index contributed by atoms with van der Waals surface area (Å²) in [5.41, 5.74) is 3.44. The smallest absolute Gasteiger partial charge is 0.283 e. The average Bonchev–Trinajstić information content (AvgIpc) is 3.21. The van der Waals surface area contributed by atoms with Gasteiger partial charge in [-0.2, -0.15) is 4.99 Å². The summed E-state index contributed by atoms with van der Waals surface area (Å²) in [7, 11) is 0. The lowest BCUT2D eigenvalue weighted by atomic mass is 10.1. The van der Waals surface area contributed by atoms with Crippen molar-refractivity contribution in [1.29, 1.82) is 5.41 Å². The van der Waals surface area contributed by atoms with Gasteiger partial charge in [-0.1, -0.05) is 23.9 Å². The molecule has 0 unspecified atom stereocenters. The number of nitrogens with one attached hydrogen (secondary N) is 1. The van der Waals surface area contributed by atoms with Gasteiger partial charge in [-0.3, -0.25) is 15.1 Å². The number of ether oxygens (including phenoxy) is 2. The molecule has 0 bridgehead atoms. The zero-order valence-corrected chi connectivity index (χ0v) is 19.4. The maximum Gasteiger partial charge on any atom is 0.283 e. The fourth-order valence-electron chi connectivity index (χ4n) is 3.04. The van der Waals surface area contributed by atoms with Crippen LogP contribution in [0.5, 0.6) is 11.5 Å².